The monoisotopic (exact) mass is 385 g/mol. The number of oxazole rings is 1. The Balaban J connectivity index is 1.62. The van der Waals surface area contributed by atoms with E-state index < -0.39 is 10.8 Å². The summed E-state index contributed by atoms with van der Waals surface area (Å²) in [6, 6.07) is 11.7. The summed E-state index contributed by atoms with van der Waals surface area (Å²) in [7, 11) is 0. The van der Waals surface area contributed by atoms with Crippen LogP contribution in [0.1, 0.15) is 35.0 Å². The van der Waals surface area contributed by atoms with Crippen molar-refractivity contribution in [2.24, 2.45) is 0 Å². The van der Waals surface area contributed by atoms with Gasteiger partial charge in [0.15, 0.2) is 11.5 Å². The molecule has 1 amide bonds. The number of carbonyl (C=O) groups excluding carboxylic acids is 1. The highest BCUT2D eigenvalue weighted by Crippen LogP contribution is 2.32. The Morgan fingerprint density at radius 3 is 2.85 bits per heavy atom. The number of piperidine rings is 1. The molecule has 2 aromatic carbocycles. The number of amides is 1. The maximum absolute atomic E-state index is 13.0. The topological polar surface area (TPSA) is 89.5 Å². The fourth-order valence-corrected chi connectivity index (χ4v) is 3.71. The number of halogens is 1. The van der Waals surface area contributed by atoms with Gasteiger partial charge in [0.25, 0.3) is 11.6 Å². The van der Waals surface area contributed by atoms with Crippen LogP contribution in [0.2, 0.25) is 5.02 Å². The first-order valence-electron chi connectivity index (χ1n) is 8.62. The van der Waals surface area contributed by atoms with Crippen molar-refractivity contribution in [3.05, 3.63) is 69.1 Å². The van der Waals surface area contributed by atoms with Gasteiger partial charge >= 0.3 is 0 Å². The van der Waals surface area contributed by atoms with E-state index in [9.17, 15) is 14.9 Å². The number of likely N-dealkylation sites (tertiary alicyclic amines) is 1. The minimum Gasteiger partial charge on any atom is -0.440 e. The van der Waals surface area contributed by atoms with Gasteiger partial charge < -0.3 is 9.32 Å². The zero-order valence-electron chi connectivity index (χ0n) is 14.3. The van der Waals surface area contributed by atoms with E-state index in [1.54, 1.807) is 4.90 Å². The van der Waals surface area contributed by atoms with E-state index in [4.69, 9.17) is 16.0 Å². The Kier molecular flexibility index (Phi) is 4.53. The van der Waals surface area contributed by atoms with E-state index in [2.05, 4.69) is 4.98 Å². The van der Waals surface area contributed by atoms with Gasteiger partial charge in [-0.25, -0.2) is 4.98 Å². The third kappa shape index (κ3) is 3.26. The average molecular weight is 386 g/mol. The Morgan fingerprint density at radius 2 is 2.07 bits per heavy atom. The fraction of sp³-hybridized carbons (Fsp3) is 0.263. The summed E-state index contributed by atoms with van der Waals surface area (Å²) in [4.78, 5) is 29.8. The summed E-state index contributed by atoms with van der Waals surface area (Å²) in [5.41, 5.74) is 1.13. The first-order chi connectivity index (χ1) is 13.0. The van der Waals surface area contributed by atoms with Crippen LogP contribution in [0.3, 0.4) is 0 Å². The van der Waals surface area contributed by atoms with Crippen LogP contribution in [0.4, 0.5) is 5.69 Å². The first-order valence-corrected chi connectivity index (χ1v) is 9.00. The molecule has 138 valence electrons. The zero-order chi connectivity index (χ0) is 19.0. The average Bonchev–Trinajstić information content (AvgIpc) is 3.11. The number of nitro groups is 1. The second kappa shape index (κ2) is 7.00. The molecule has 27 heavy (non-hydrogen) atoms. The summed E-state index contributed by atoms with van der Waals surface area (Å²) >= 11 is 6.11. The number of benzene rings is 2. The molecule has 2 heterocycles. The molecule has 1 aromatic heterocycles. The molecular formula is C19H16ClN3O4. The normalized spacial score (nSPS) is 17.2. The van der Waals surface area contributed by atoms with Crippen LogP contribution in [0.5, 0.6) is 0 Å². The van der Waals surface area contributed by atoms with Gasteiger partial charge in [0.1, 0.15) is 11.1 Å². The van der Waals surface area contributed by atoms with Crippen molar-refractivity contribution in [3.8, 4) is 0 Å². The molecule has 4 rings (SSSR count). The van der Waals surface area contributed by atoms with Crippen molar-refractivity contribution < 1.29 is 14.1 Å². The molecule has 7 nitrogen and oxygen atoms in total. The third-order valence-corrected chi connectivity index (χ3v) is 5.09. The molecule has 1 aliphatic heterocycles. The van der Waals surface area contributed by atoms with E-state index in [0.29, 0.717) is 24.6 Å². The first kappa shape index (κ1) is 17.5. The molecule has 0 unspecified atom stereocenters. The molecule has 0 aliphatic carbocycles. The second-order valence-corrected chi connectivity index (χ2v) is 6.91. The fourth-order valence-electron chi connectivity index (χ4n) is 3.46. The Hall–Kier alpha value is -2.93. The SMILES string of the molecule is O=C(c1c(Cl)cccc1[N+](=O)[O-])N1CCC[C@@H](c2nc3ccccc3o2)C1. The number of carbonyl (C=O) groups is 1. The predicted molar refractivity (Wildman–Crippen MR) is 100.0 cm³/mol. The molecule has 0 saturated carbocycles. The van der Waals surface area contributed by atoms with Gasteiger partial charge in [0.05, 0.1) is 15.9 Å². The van der Waals surface area contributed by atoms with E-state index in [1.165, 1.54) is 18.2 Å². The molecule has 1 atom stereocenters. The number of aromatic nitrogens is 1. The lowest BCUT2D eigenvalue weighted by atomic mass is 9.97. The van der Waals surface area contributed by atoms with Gasteiger partial charge in [-0.2, -0.15) is 0 Å². The lowest BCUT2D eigenvalue weighted by Gasteiger charge is -2.31. The van der Waals surface area contributed by atoms with Gasteiger partial charge in [0, 0.05) is 19.2 Å². The van der Waals surface area contributed by atoms with Gasteiger partial charge in [0.2, 0.25) is 0 Å². The van der Waals surface area contributed by atoms with E-state index in [0.717, 1.165) is 18.4 Å². The lowest BCUT2D eigenvalue weighted by molar-refractivity contribution is -0.385. The van der Waals surface area contributed by atoms with Crippen LogP contribution in [0.25, 0.3) is 11.1 Å². The summed E-state index contributed by atoms with van der Waals surface area (Å²) < 4.78 is 5.84. The van der Waals surface area contributed by atoms with Crippen LogP contribution in [0.15, 0.2) is 46.9 Å². The smallest absolute Gasteiger partial charge is 0.283 e. The van der Waals surface area contributed by atoms with Crippen LogP contribution in [-0.2, 0) is 0 Å². The third-order valence-electron chi connectivity index (χ3n) is 4.77. The zero-order valence-corrected chi connectivity index (χ0v) is 15.1. The van der Waals surface area contributed by atoms with Gasteiger partial charge in [-0.1, -0.05) is 29.8 Å². The number of hydrogen-bond donors (Lipinski definition) is 0. The molecule has 0 spiro atoms. The minimum absolute atomic E-state index is 0.0587. The Bertz CT molecular complexity index is 1000. The molecule has 3 aromatic rings. The van der Waals surface area contributed by atoms with E-state index in [-0.39, 0.29) is 22.2 Å². The lowest BCUT2D eigenvalue weighted by Crippen LogP contribution is -2.39. The van der Waals surface area contributed by atoms with Crippen LogP contribution < -0.4 is 0 Å². The standard InChI is InChI=1S/C19H16ClN3O4/c20-13-6-3-8-15(23(25)26)17(13)19(24)22-10-4-5-12(11-22)18-21-14-7-1-2-9-16(14)27-18/h1-3,6-9,12H,4-5,10-11H2/t12-/m1/s1. The van der Waals surface area contributed by atoms with Gasteiger partial charge in [-0.05, 0) is 31.0 Å². The number of nitro benzene ring substituents is 1. The Morgan fingerprint density at radius 1 is 1.26 bits per heavy atom. The van der Waals surface area contributed by atoms with Crippen LogP contribution in [0, 0.1) is 10.1 Å². The van der Waals surface area contributed by atoms with Gasteiger partial charge in [-0.15, -0.1) is 0 Å². The highest BCUT2D eigenvalue weighted by molar-refractivity contribution is 6.34. The quantitative estimate of drug-likeness (QED) is 0.492. The second-order valence-electron chi connectivity index (χ2n) is 6.50. The highest BCUT2D eigenvalue weighted by Gasteiger charge is 2.32. The van der Waals surface area contributed by atoms with Crippen molar-refractivity contribution in [3.63, 3.8) is 0 Å². The number of hydrogen-bond acceptors (Lipinski definition) is 5. The molecular weight excluding hydrogens is 370 g/mol. The van der Waals surface area contributed by atoms with Crippen molar-refractivity contribution >= 4 is 34.3 Å². The van der Waals surface area contributed by atoms with Crippen LogP contribution in [-0.4, -0.2) is 33.8 Å². The molecule has 0 bridgehead atoms. The van der Waals surface area contributed by atoms with Crippen LogP contribution >= 0.6 is 11.6 Å². The predicted octanol–water partition coefficient (Wildman–Crippen LogP) is 4.41. The maximum Gasteiger partial charge on any atom is 0.283 e. The number of fused-ring (bicyclic) bond motifs is 1. The summed E-state index contributed by atoms with van der Waals surface area (Å²) in [5.74, 6) is 0.0899. The van der Waals surface area contributed by atoms with E-state index in [1.807, 2.05) is 24.3 Å². The molecule has 8 heteroatoms. The number of rotatable bonds is 3. The minimum atomic E-state index is -0.582. The van der Waals surface area contributed by atoms with Gasteiger partial charge in [-0.3, -0.25) is 14.9 Å². The summed E-state index contributed by atoms with van der Waals surface area (Å²) in [6.07, 6.45) is 1.59. The van der Waals surface area contributed by atoms with Crippen molar-refractivity contribution in [2.45, 2.75) is 18.8 Å². The van der Waals surface area contributed by atoms with E-state index >= 15 is 0 Å². The largest absolute Gasteiger partial charge is 0.440 e. The number of para-hydroxylation sites is 2. The molecule has 1 fully saturated rings. The maximum atomic E-state index is 13.0. The molecule has 1 aliphatic rings. The van der Waals surface area contributed by atoms with Crippen molar-refractivity contribution in [1.29, 1.82) is 0 Å². The number of nitrogens with zero attached hydrogens (tertiary/aromatic N) is 3. The Labute approximate surface area is 159 Å². The molecule has 0 radical (unpaired) electrons. The highest BCUT2D eigenvalue weighted by atomic mass is 35.5. The summed E-state index contributed by atoms with van der Waals surface area (Å²) in [6.45, 7) is 0.895. The molecule has 0 N–H and O–H groups in total. The van der Waals surface area contributed by atoms with Crippen molar-refractivity contribution in [2.75, 3.05) is 13.1 Å². The molecule has 1 saturated heterocycles. The van der Waals surface area contributed by atoms with Crippen molar-refractivity contribution in [1.82, 2.24) is 9.88 Å². The summed E-state index contributed by atoms with van der Waals surface area (Å²) in [5, 5.41) is 11.4.